The Labute approximate surface area is 130 Å². The van der Waals surface area contributed by atoms with Gasteiger partial charge in [-0.25, -0.2) is 0 Å². The second-order valence-corrected chi connectivity index (χ2v) is 7.50. The third-order valence-corrected chi connectivity index (χ3v) is 5.09. The largest absolute Gasteiger partial charge is 0.320 e. The van der Waals surface area contributed by atoms with Gasteiger partial charge in [0.15, 0.2) is 0 Å². The van der Waals surface area contributed by atoms with Gasteiger partial charge in [0.05, 0.1) is 11.6 Å². The van der Waals surface area contributed by atoms with Crippen LogP contribution in [0.3, 0.4) is 0 Å². The number of thiophene rings is 1. The number of nitrogens with zero attached hydrogens (tertiary/aromatic N) is 1. The van der Waals surface area contributed by atoms with Crippen molar-refractivity contribution in [3.63, 3.8) is 0 Å². The first-order valence-electron chi connectivity index (χ1n) is 7.53. The summed E-state index contributed by atoms with van der Waals surface area (Å²) >= 11 is 1.54. The molecule has 2 rings (SSSR count). The minimum Gasteiger partial charge on any atom is -0.320 e. The molecule has 0 spiro atoms. The quantitative estimate of drug-likeness (QED) is 0.897. The van der Waals surface area contributed by atoms with Crippen LogP contribution in [0, 0.1) is 23.2 Å². The first kappa shape index (κ1) is 16.0. The van der Waals surface area contributed by atoms with Crippen LogP contribution < -0.4 is 11.1 Å². The Bertz CT molecular complexity index is 571. The van der Waals surface area contributed by atoms with Gasteiger partial charge in [-0.2, -0.15) is 5.26 Å². The minimum atomic E-state index is -0.519. The van der Waals surface area contributed by atoms with E-state index in [2.05, 4.69) is 18.3 Å². The molecule has 1 heterocycles. The van der Waals surface area contributed by atoms with Gasteiger partial charge < -0.3 is 11.1 Å². The molecule has 0 radical (unpaired) electrons. The standard InChI is InChI=1S/C16H23N3OS/c1-9(2)6-13(18)15(20)19-16-12(8-17)11-5-4-10(3)7-14(11)21-16/h9-10,13H,4-7,18H2,1-3H3,(H,19,20)/t10?,13-/m1/s1. The first-order chi connectivity index (χ1) is 9.92. The molecule has 5 heteroatoms. The molecule has 114 valence electrons. The monoisotopic (exact) mass is 305 g/mol. The summed E-state index contributed by atoms with van der Waals surface area (Å²) in [6.07, 6.45) is 3.70. The molecule has 1 unspecified atom stereocenters. The molecule has 1 aliphatic carbocycles. The summed E-state index contributed by atoms with van der Waals surface area (Å²) in [7, 11) is 0. The van der Waals surface area contributed by atoms with Crippen LogP contribution in [-0.2, 0) is 17.6 Å². The van der Waals surface area contributed by atoms with Crippen molar-refractivity contribution in [1.29, 1.82) is 5.26 Å². The molecule has 0 aliphatic heterocycles. The van der Waals surface area contributed by atoms with Crippen LogP contribution in [0.4, 0.5) is 5.00 Å². The Balaban J connectivity index is 2.17. The normalized spacial score (nSPS) is 19.0. The number of carbonyl (C=O) groups is 1. The van der Waals surface area contributed by atoms with Crippen LogP contribution in [0.15, 0.2) is 0 Å². The Hall–Kier alpha value is -1.38. The van der Waals surface area contributed by atoms with Crippen molar-refractivity contribution in [3.05, 3.63) is 16.0 Å². The van der Waals surface area contributed by atoms with E-state index in [1.54, 1.807) is 11.3 Å². The van der Waals surface area contributed by atoms with E-state index in [9.17, 15) is 10.1 Å². The number of rotatable bonds is 4. The van der Waals surface area contributed by atoms with Crippen molar-refractivity contribution < 1.29 is 4.79 Å². The van der Waals surface area contributed by atoms with Crippen LogP contribution >= 0.6 is 11.3 Å². The van der Waals surface area contributed by atoms with Gasteiger partial charge in [-0.15, -0.1) is 11.3 Å². The molecule has 3 N–H and O–H groups in total. The molecule has 0 saturated heterocycles. The molecule has 21 heavy (non-hydrogen) atoms. The predicted octanol–water partition coefficient (Wildman–Crippen LogP) is 3.06. The number of nitriles is 1. The summed E-state index contributed by atoms with van der Waals surface area (Å²) in [5.74, 6) is 0.833. The van der Waals surface area contributed by atoms with Crippen molar-refractivity contribution in [2.45, 2.75) is 52.5 Å². The predicted molar refractivity (Wildman–Crippen MR) is 86.3 cm³/mol. The molecule has 1 aromatic heterocycles. The lowest BCUT2D eigenvalue weighted by molar-refractivity contribution is -0.117. The number of anilines is 1. The van der Waals surface area contributed by atoms with E-state index in [0.717, 1.165) is 24.8 Å². The van der Waals surface area contributed by atoms with Gasteiger partial charge in [-0.05, 0) is 43.1 Å². The van der Waals surface area contributed by atoms with Crippen LogP contribution in [-0.4, -0.2) is 11.9 Å². The number of hydrogen-bond donors (Lipinski definition) is 2. The molecule has 1 aliphatic rings. The van der Waals surface area contributed by atoms with Crippen molar-refractivity contribution in [1.82, 2.24) is 0 Å². The fraction of sp³-hybridized carbons (Fsp3) is 0.625. The average Bonchev–Trinajstić information content (AvgIpc) is 2.73. The Morgan fingerprint density at radius 3 is 2.90 bits per heavy atom. The molecule has 0 saturated carbocycles. The highest BCUT2D eigenvalue weighted by atomic mass is 32.1. The molecular weight excluding hydrogens is 282 g/mol. The third kappa shape index (κ3) is 3.63. The van der Waals surface area contributed by atoms with E-state index < -0.39 is 6.04 Å². The maximum atomic E-state index is 12.2. The van der Waals surface area contributed by atoms with Crippen LogP contribution in [0.2, 0.25) is 0 Å². The maximum absolute atomic E-state index is 12.2. The lowest BCUT2D eigenvalue weighted by Gasteiger charge is -2.17. The molecule has 1 aromatic rings. The number of hydrogen-bond acceptors (Lipinski definition) is 4. The molecule has 0 aromatic carbocycles. The zero-order chi connectivity index (χ0) is 15.6. The van der Waals surface area contributed by atoms with Gasteiger partial charge in [0, 0.05) is 4.88 Å². The molecule has 0 fully saturated rings. The second kappa shape index (κ2) is 6.59. The van der Waals surface area contributed by atoms with E-state index in [0.29, 0.717) is 28.8 Å². The van der Waals surface area contributed by atoms with E-state index in [4.69, 9.17) is 5.73 Å². The van der Waals surface area contributed by atoms with Crippen LogP contribution in [0.25, 0.3) is 0 Å². The lowest BCUT2D eigenvalue weighted by Crippen LogP contribution is -2.36. The molecule has 4 nitrogen and oxygen atoms in total. The number of carbonyl (C=O) groups excluding carboxylic acids is 1. The van der Waals surface area contributed by atoms with Gasteiger partial charge >= 0.3 is 0 Å². The van der Waals surface area contributed by atoms with Gasteiger partial charge in [-0.1, -0.05) is 20.8 Å². The molecular formula is C16H23N3OS. The van der Waals surface area contributed by atoms with E-state index in [1.807, 2.05) is 13.8 Å². The average molecular weight is 305 g/mol. The molecule has 2 atom stereocenters. The van der Waals surface area contributed by atoms with Crippen molar-refractivity contribution >= 4 is 22.2 Å². The zero-order valence-electron chi connectivity index (χ0n) is 12.9. The highest BCUT2D eigenvalue weighted by Crippen LogP contribution is 2.39. The van der Waals surface area contributed by atoms with E-state index >= 15 is 0 Å². The van der Waals surface area contributed by atoms with E-state index in [1.165, 1.54) is 4.88 Å². The summed E-state index contributed by atoms with van der Waals surface area (Å²) in [4.78, 5) is 13.4. The van der Waals surface area contributed by atoms with Crippen molar-refractivity contribution in [2.75, 3.05) is 5.32 Å². The summed E-state index contributed by atoms with van der Waals surface area (Å²) in [5, 5.41) is 13.0. The smallest absolute Gasteiger partial charge is 0.241 e. The highest BCUT2D eigenvalue weighted by Gasteiger charge is 2.25. The van der Waals surface area contributed by atoms with Gasteiger partial charge in [0.1, 0.15) is 11.1 Å². The number of amides is 1. The SMILES string of the molecule is CC(C)C[C@@H](N)C(=O)Nc1sc2c(c1C#N)CCC(C)C2. The Morgan fingerprint density at radius 2 is 2.29 bits per heavy atom. The zero-order valence-corrected chi connectivity index (χ0v) is 13.7. The first-order valence-corrected chi connectivity index (χ1v) is 8.35. The maximum Gasteiger partial charge on any atom is 0.241 e. The van der Waals surface area contributed by atoms with Gasteiger partial charge in [-0.3, -0.25) is 4.79 Å². The second-order valence-electron chi connectivity index (χ2n) is 6.39. The fourth-order valence-corrected chi connectivity index (χ4v) is 4.14. The summed E-state index contributed by atoms with van der Waals surface area (Å²) in [5.41, 5.74) is 7.69. The topological polar surface area (TPSA) is 78.9 Å². The molecule has 0 bridgehead atoms. The summed E-state index contributed by atoms with van der Waals surface area (Å²) in [6.45, 7) is 6.31. The Morgan fingerprint density at radius 1 is 1.57 bits per heavy atom. The highest BCUT2D eigenvalue weighted by molar-refractivity contribution is 7.16. The number of nitrogens with two attached hydrogens (primary N) is 1. The summed E-state index contributed by atoms with van der Waals surface area (Å²) in [6, 6.07) is 1.74. The van der Waals surface area contributed by atoms with Gasteiger partial charge in [0.2, 0.25) is 5.91 Å². The minimum absolute atomic E-state index is 0.188. The van der Waals surface area contributed by atoms with Crippen LogP contribution in [0.5, 0.6) is 0 Å². The van der Waals surface area contributed by atoms with E-state index in [-0.39, 0.29) is 5.91 Å². The Kier molecular flexibility index (Phi) is 5.02. The van der Waals surface area contributed by atoms with Gasteiger partial charge in [0.25, 0.3) is 0 Å². The lowest BCUT2D eigenvalue weighted by atomic mass is 9.88. The third-order valence-electron chi connectivity index (χ3n) is 3.92. The van der Waals surface area contributed by atoms with Crippen LogP contribution in [0.1, 0.15) is 49.6 Å². The fourth-order valence-electron chi connectivity index (χ4n) is 2.78. The number of fused-ring (bicyclic) bond motifs is 1. The molecule has 1 amide bonds. The van der Waals surface area contributed by atoms with Crippen molar-refractivity contribution in [3.8, 4) is 6.07 Å². The van der Waals surface area contributed by atoms with Crippen molar-refractivity contribution in [2.24, 2.45) is 17.6 Å². The number of nitrogens with one attached hydrogen (secondary N) is 1. The summed E-state index contributed by atoms with van der Waals surface area (Å²) < 4.78 is 0.